The number of primary amides is 1. The Morgan fingerprint density at radius 1 is 0.967 bits per heavy atom. The van der Waals surface area contributed by atoms with Crippen LogP contribution in [0.4, 0.5) is 0 Å². The molecule has 0 heterocycles. The van der Waals surface area contributed by atoms with Gasteiger partial charge in [-0.05, 0) is 53.6 Å². The number of halogens is 1. The summed E-state index contributed by atoms with van der Waals surface area (Å²) in [6.45, 7) is 0.674. The number of benzene rings is 3. The minimum Gasteiger partial charge on any atom is -0.493 e. The summed E-state index contributed by atoms with van der Waals surface area (Å²) in [7, 11) is 1.58. The van der Waals surface area contributed by atoms with Crippen LogP contribution >= 0.6 is 11.6 Å². The number of hydrogen-bond acceptors (Lipinski definition) is 5. The molecule has 7 heteroatoms. The van der Waals surface area contributed by atoms with Gasteiger partial charge in [-0.15, -0.1) is 0 Å². The molecule has 0 aromatic heterocycles. The number of amides is 1. The van der Waals surface area contributed by atoms with Gasteiger partial charge >= 0.3 is 0 Å². The van der Waals surface area contributed by atoms with E-state index in [1.165, 1.54) is 0 Å². The molecule has 2 N–H and O–H groups in total. The maximum atomic E-state index is 11.1. The van der Waals surface area contributed by atoms with Crippen LogP contribution in [0.15, 0.2) is 71.9 Å². The van der Waals surface area contributed by atoms with Crippen LogP contribution in [0.5, 0.6) is 11.5 Å². The first-order chi connectivity index (χ1) is 14.5. The maximum Gasteiger partial charge on any atom is 0.248 e. The van der Waals surface area contributed by atoms with Crippen LogP contribution < -0.4 is 15.2 Å². The van der Waals surface area contributed by atoms with E-state index in [1.807, 2.05) is 42.5 Å². The van der Waals surface area contributed by atoms with Gasteiger partial charge in [0, 0.05) is 16.1 Å². The van der Waals surface area contributed by atoms with Gasteiger partial charge in [0.25, 0.3) is 0 Å². The van der Waals surface area contributed by atoms with Crippen molar-refractivity contribution in [3.63, 3.8) is 0 Å². The van der Waals surface area contributed by atoms with E-state index in [4.69, 9.17) is 31.6 Å². The third kappa shape index (κ3) is 5.99. The van der Waals surface area contributed by atoms with Crippen LogP contribution in [0.25, 0.3) is 0 Å². The van der Waals surface area contributed by atoms with Crippen molar-refractivity contribution in [2.75, 3.05) is 7.11 Å². The minimum atomic E-state index is -0.463. The Bertz CT molecular complexity index is 1020. The Balaban J connectivity index is 1.55. The first-order valence-corrected chi connectivity index (χ1v) is 9.52. The summed E-state index contributed by atoms with van der Waals surface area (Å²) in [6, 6.07) is 19.8. The molecular weight excluding hydrogens is 404 g/mol. The monoisotopic (exact) mass is 424 g/mol. The topological polar surface area (TPSA) is 83.1 Å². The number of nitrogens with zero attached hydrogens (tertiary/aromatic N) is 1. The van der Waals surface area contributed by atoms with E-state index in [1.54, 1.807) is 37.6 Å². The van der Waals surface area contributed by atoms with Gasteiger partial charge in [-0.25, -0.2) is 0 Å². The number of carbonyl (C=O) groups excluding carboxylic acids is 1. The standard InChI is InChI=1S/C23H21ClN2O4/c1-28-22-12-18(6-11-21(22)29-14-16-4-9-20(24)10-5-16)13-26-30-15-17-2-7-19(8-3-17)23(25)27/h2-13H,14-15H2,1H3,(H2,25,27)/b26-13+. The smallest absolute Gasteiger partial charge is 0.248 e. The second-order valence-corrected chi connectivity index (χ2v) is 6.83. The number of carbonyl (C=O) groups is 1. The van der Waals surface area contributed by atoms with Crippen LogP contribution in [-0.4, -0.2) is 19.2 Å². The summed E-state index contributed by atoms with van der Waals surface area (Å²) in [4.78, 5) is 16.4. The van der Waals surface area contributed by atoms with E-state index in [0.717, 1.165) is 16.7 Å². The molecule has 1 amide bonds. The second-order valence-electron chi connectivity index (χ2n) is 6.39. The van der Waals surface area contributed by atoms with Crippen LogP contribution in [0.1, 0.15) is 27.0 Å². The van der Waals surface area contributed by atoms with Gasteiger partial charge in [0.05, 0.1) is 13.3 Å². The molecule has 0 bridgehead atoms. The molecule has 0 saturated carbocycles. The van der Waals surface area contributed by atoms with Gasteiger partial charge < -0.3 is 20.0 Å². The van der Waals surface area contributed by atoms with Crippen LogP contribution in [0.3, 0.4) is 0 Å². The van der Waals surface area contributed by atoms with E-state index < -0.39 is 5.91 Å². The van der Waals surface area contributed by atoms with Crippen molar-refractivity contribution < 1.29 is 19.1 Å². The fourth-order valence-electron chi connectivity index (χ4n) is 2.60. The predicted octanol–water partition coefficient (Wildman–Crippen LogP) is 4.58. The lowest BCUT2D eigenvalue weighted by Crippen LogP contribution is -2.10. The van der Waals surface area contributed by atoms with Crippen molar-refractivity contribution in [3.8, 4) is 11.5 Å². The Labute approximate surface area is 179 Å². The van der Waals surface area contributed by atoms with Gasteiger partial charge in [-0.1, -0.05) is 41.0 Å². The molecule has 6 nitrogen and oxygen atoms in total. The molecule has 30 heavy (non-hydrogen) atoms. The quantitative estimate of drug-likeness (QED) is 0.402. The van der Waals surface area contributed by atoms with Crippen molar-refractivity contribution in [2.24, 2.45) is 10.9 Å². The average Bonchev–Trinajstić information content (AvgIpc) is 2.77. The highest BCUT2D eigenvalue weighted by atomic mass is 35.5. The summed E-state index contributed by atoms with van der Waals surface area (Å²) in [6.07, 6.45) is 1.59. The number of rotatable bonds is 9. The Kier molecular flexibility index (Phi) is 7.29. The largest absolute Gasteiger partial charge is 0.493 e. The summed E-state index contributed by atoms with van der Waals surface area (Å²) in [5.41, 5.74) is 8.35. The van der Waals surface area contributed by atoms with Gasteiger partial charge in [-0.2, -0.15) is 0 Å². The molecule has 0 atom stereocenters. The molecule has 0 spiro atoms. The van der Waals surface area contributed by atoms with Gasteiger partial charge in [-0.3, -0.25) is 4.79 Å². The number of hydrogen-bond donors (Lipinski definition) is 1. The molecule has 0 radical (unpaired) electrons. The Hall–Kier alpha value is -3.51. The third-order valence-electron chi connectivity index (χ3n) is 4.24. The van der Waals surface area contributed by atoms with Gasteiger partial charge in [0.2, 0.25) is 5.91 Å². The molecule has 3 aromatic carbocycles. The SMILES string of the molecule is COc1cc(/C=N/OCc2ccc(C(N)=O)cc2)ccc1OCc1ccc(Cl)cc1. The summed E-state index contributed by atoms with van der Waals surface area (Å²) in [5.74, 6) is 0.755. The van der Waals surface area contributed by atoms with E-state index in [2.05, 4.69) is 5.16 Å². The highest BCUT2D eigenvalue weighted by Crippen LogP contribution is 2.28. The highest BCUT2D eigenvalue weighted by molar-refractivity contribution is 6.30. The first-order valence-electron chi connectivity index (χ1n) is 9.14. The molecule has 0 aliphatic heterocycles. The van der Waals surface area contributed by atoms with Crippen molar-refractivity contribution in [1.82, 2.24) is 0 Å². The molecule has 0 fully saturated rings. The first kappa shape index (κ1) is 21.2. The van der Waals surface area contributed by atoms with E-state index in [9.17, 15) is 4.79 Å². The molecule has 154 valence electrons. The van der Waals surface area contributed by atoms with Crippen molar-refractivity contribution >= 4 is 23.7 Å². The normalized spacial score (nSPS) is 10.7. The van der Waals surface area contributed by atoms with Crippen LogP contribution in [0.2, 0.25) is 5.02 Å². The molecule has 3 rings (SSSR count). The third-order valence-corrected chi connectivity index (χ3v) is 4.49. The second kappa shape index (κ2) is 10.3. The molecule has 0 aliphatic carbocycles. The lowest BCUT2D eigenvalue weighted by molar-refractivity contribution is 0.1000. The zero-order valence-electron chi connectivity index (χ0n) is 16.4. The van der Waals surface area contributed by atoms with Gasteiger partial charge in [0.15, 0.2) is 11.5 Å². The van der Waals surface area contributed by atoms with E-state index in [0.29, 0.717) is 28.7 Å². The van der Waals surface area contributed by atoms with Crippen molar-refractivity contribution in [2.45, 2.75) is 13.2 Å². The zero-order valence-corrected chi connectivity index (χ0v) is 17.1. The van der Waals surface area contributed by atoms with E-state index in [-0.39, 0.29) is 6.61 Å². The average molecular weight is 425 g/mol. The van der Waals surface area contributed by atoms with E-state index >= 15 is 0 Å². The minimum absolute atomic E-state index is 0.273. The molecule has 3 aromatic rings. The molecule has 0 saturated heterocycles. The lowest BCUT2D eigenvalue weighted by atomic mass is 10.1. The van der Waals surface area contributed by atoms with Gasteiger partial charge in [0.1, 0.15) is 13.2 Å². The summed E-state index contributed by atoms with van der Waals surface area (Å²) >= 11 is 5.90. The lowest BCUT2D eigenvalue weighted by Gasteiger charge is -2.11. The maximum absolute atomic E-state index is 11.1. The summed E-state index contributed by atoms with van der Waals surface area (Å²) < 4.78 is 11.3. The zero-order chi connectivity index (χ0) is 21.3. The number of methoxy groups -OCH3 is 1. The Morgan fingerprint density at radius 2 is 1.63 bits per heavy atom. The summed E-state index contributed by atoms with van der Waals surface area (Å²) in [5, 5.41) is 4.66. The fraction of sp³-hybridized carbons (Fsp3) is 0.130. The number of oxime groups is 1. The Morgan fingerprint density at radius 3 is 2.30 bits per heavy atom. The molecular formula is C23H21ClN2O4. The van der Waals surface area contributed by atoms with Crippen LogP contribution in [0, 0.1) is 0 Å². The number of ether oxygens (including phenoxy) is 2. The highest BCUT2D eigenvalue weighted by Gasteiger charge is 2.06. The van der Waals surface area contributed by atoms with Crippen LogP contribution in [-0.2, 0) is 18.1 Å². The molecule has 0 aliphatic rings. The number of nitrogens with two attached hydrogens (primary N) is 1. The van der Waals surface area contributed by atoms with Crippen molar-refractivity contribution in [1.29, 1.82) is 0 Å². The predicted molar refractivity (Wildman–Crippen MR) is 116 cm³/mol. The van der Waals surface area contributed by atoms with Crippen molar-refractivity contribution in [3.05, 3.63) is 94.0 Å². The fourth-order valence-corrected chi connectivity index (χ4v) is 2.73. The molecule has 0 unspecified atom stereocenters.